The molecular formula is C21H17N3S. The zero-order valence-corrected chi connectivity index (χ0v) is 14.3. The first-order chi connectivity index (χ1) is 12.3. The number of rotatable bonds is 4. The topological polar surface area (TPSA) is 48.7 Å². The Balaban J connectivity index is 0.00000196. The van der Waals surface area contributed by atoms with Crippen molar-refractivity contribution in [2.45, 2.75) is 6.54 Å². The van der Waals surface area contributed by atoms with Crippen LogP contribution >= 0.6 is 11.3 Å². The van der Waals surface area contributed by atoms with Crippen LogP contribution in [-0.4, -0.2) is 4.98 Å². The number of benzene rings is 3. The van der Waals surface area contributed by atoms with E-state index < -0.39 is 0 Å². The minimum atomic E-state index is 0. The third-order valence-electron chi connectivity index (χ3n) is 4.10. The van der Waals surface area contributed by atoms with Crippen LogP contribution in [0.2, 0.25) is 0 Å². The number of fused-ring (bicyclic) bond motifs is 1. The lowest BCUT2D eigenvalue weighted by Crippen LogP contribution is -1.99. The van der Waals surface area contributed by atoms with Gasteiger partial charge >= 0.3 is 0 Å². The standard InChI is InChI=1S/C21H15N3S.H2/c22-12-15-5-3-8-17(11-15)20-14-25-21(24-20)23-13-18-9-4-7-16-6-1-2-10-19(16)18;/h1-11,14H,13H2,(H,23,24);1H. The maximum atomic E-state index is 9.03. The highest BCUT2D eigenvalue weighted by Crippen LogP contribution is 2.26. The predicted molar refractivity (Wildman–Crippen MR) is 106 cm³/mol. The van der Waals surface area contributed by atoms with E-state index >= 15 is 0 Å². The lowest BCUT2D eigenvalue weighted by Gasteiger charge is -2.07. The monoisotopic (exact) mass is 343 g/mol. The van der Waals surface area contributed by atoms with Gasteiger partial charge in [0, 0.05) is 18.9 Å². The molecular weight excluding hydrogens is 326 g/mol. The first kappa shape index (κ1) is 15.4. The second-order valence-electron chi connectivity index (χ2n) is 5.72. The Labute approximate surface area is 151 Å². The molecule has 0 aliphatic rings. The summed E-state index contributed by atoms with van der Waals surface area (Å²) in [6.07, 6.45) is 0. The van der Waals surface area contributed by atoms with Gasteiger partial charge in [-0.3, -0.25) is 0 Å². The van der Waals surface area contributed by atoms with Crippen molar-refractivity contribution in [3.8, 4) is 17.3 Å². The summed E-state index contributed by atoms with van der Waals surface area (Å²) in [5.74, 6) is 0. The largest absolute Gasteiger partial charge is 0.357 e. The summed E-state index contributed by atoms with van der Waals surface area (Å²) < 4.78 is 0. The fraction of sp³-hybridized carbons (Fsp3) is 0.0476. The van der Waals surface area contributed by atoms with E-state index in [9.17, 15) is 0 Å². The minimum absolute atomic E-state index is 0. The second kappa shape index (κ2) is 6.76. The molecule has 0 saturated carbocycles. The van der Waals surface area contributed by atoms with E-state index in [1.807, 2.05) is 23.6 Å². The summed E-state index contributed by atoms with van der Waals surface area (Å²) in [7, 11) is 0. The molecule has 0 saturated heterocycles. The molecule has 0 spiro atoms. The third-order valence-corrected chi connectivity index (χ3v) is 4.90. The molecule has 1 N–H and O–H groups in total. The van der Waals surface area contributed by atoms with Crippen molar-refractivity contribution < 1.29 is 1.43 Å². The average molecular weight is 343 g/mol. The maximum Gasteiger partial charge on any atom is 0.183 e. The predicted octanol–water partition coefficient (Wildman–Crippen LogP) is 5.69. The smallest absolute Gasteiger partial charge is 0.183 e. The molecule has 3 aromatic carbocycles. The average Bonchev–Trinajstić information content (AvgIpc) is 3.15. The van der Waals surface area contributed by atoms with Crippen LogP contribution < -0.4 is 5.32 Å². The number of nitrogens with zero attached hydrogens (tertiary/aromatic N) is 2. The number of hydrogen-bond acceptors (Lipinski definition) is 4. The Morgan fingerprint density at radius 1 is 1.04 bits per heavy atom. The normalized spacial score (nSPS) is 10.5. The van der Waals surface area contributed by atoms with Gasteiger partial charge in [-0.15, -0.1) is 11.3 Å². The highest BCUT2D eigenvalue weighted by molar-refractivity contribution is 7.14. The molecule has 1 aromatic heterocycles. The quantitative estimate of drug-likeness (QED) is 0.517. The Kier molecular flexibility index (Phi) is 4.16. The van der Waals surface area contributed by atoms with Crippen molar-refractivity contribution in [2.24, 2.45) is 0 Å². The van der Waals surface area contributed by atoms with E-state index in [0.29, 0.717) is 5.56 Å². The Morgan fingerprint density at radius 3 is 2.80 bits per heavy atom. The molecule has 0 atom stereocenters. The first-order valence-electron chi connectivity index (χ1n) is 8.00. The van der Waals surface area contributed by atoms with E-state index in [-0.39, 0.29) is 1.43 Å². The first-order valence-corrected chi connectivity index (χ1v) is 8.88. The van der Waals surface area contributed by atoms with Gasteiger partial charge in [-0.05, 0) is 28.5 Å². The Hall–Kier alpha value is -3.16. The SMILES string of the molecule is N#Cc1cccc(-c2csc(NCc3cccc4ccccc34)n2)c1.[HH]. The van der Waals surface area contributed by atoms with Crippen LogP contribution in [0.5, 0.6) is 0 Å². The van der Waals surface area contributed by atoms with Gasteiger partial charge < -0.3 is 5.32 Å². The lowest BCUT2D eigenvalue weighted by molar-refractivity contribution is 1.15. The molecule has 0 fully saturated rings. The molecule has 0 aliphatic carbocycles. The van der Waals surface area contributed by atoms with Crippen molar-refractivity contribution in [3.63, 3.8) is 0 Å². The minimum Gasteiger partial charge on any atom is -0.357 e. The van der Waals surface area contributed by atoms with Gasteiger partial charge in [0.25, 0.3) is 0 Å². The van der Waals surface area contributed by atoms with E-state index in [4.69, 9.17) is 5.26 Å². The fourth-order valence-electron chi connectivity index (χ4n) is 2.85. The molecule has 0 bridgehead atoms. The van der Waals surface area contributed by atoms with Crippen LogP contribution in [0.4, 0.5) is 5.13 Å². The molecule has 4 heteroatoms. The molecule has 0 aliphatic heterocycles. The molecule has 0 unspecified atom stereocenters. The molecule has 122 valence electrons. The Bertz CT molecular complexity index is 1080. The van der Waals surface area contributed by atoms with Gasteiger partial charge in [-0.2, -0.15) is 5.26 Å². The van der Waals surface area contributed by atoms with Gasteiger partial charge in [0.15, 0.2) is 5.13 Å². The van der Waals surface area contributed by atoms with Crippen molar-refractivity contribution in [1.82, 2.24) is 4.98 Å². The molecule has 4 rings (SSSR count). The van der Waals surface area contributed by atoms with Crippen LogP contribution in [0.25, 0.3) is 22.0 Å². The van der Waals surface area contributed by atoms with Crippen LogP contribution in [0.15, 0.2) is 72.1 Å². The van der Waals surface area contributed by atoms with Gasteiger partial charge in [-0.1, -0.05) is 54.6 Å². The van der Waals surface area contributed by atoms with E-state index in [2.05, 4.69) is 58.8 Å². The fourth-order valence-corrected chi connectivity index (χ4v) is 3.57. The molecule has 0 radical (unpaired) electrons. The number of anilines is 1. The second-order valence-corrected chi connectivity index (χ2v) is 6.58. The zero-order chi connectivity index (χ0) is 17.1. The van der Waals surface area contributed by atoms with Gasteiger partial charge in [-0.25, -0.2) is 4.98 Å². The molecule has 25 heavy (non-hydrogen) atoms. The highest BCUT2D eigenvalue weighted by atomic mass is 32.1. The van der Waals surface area contributed by atoms with Gasteiger partial charge in [0.2, 0.25) is 0 Å². The summed E-state index contributed by atoms with van der Waals surface area (Å²) in [6, 6.07) is 24.4. The summed E-state index contributed by atoms with van der Waals surface area (Å²) in [5.41, 5.74) is 3.76. The van der Waals surface area contributed by atoms with Crippen LogP contribution in [0, 0.1) is 11.3 Å². The van der Waals surface area contributed by atoms with Crippen LogP contribution in [0.3, 0.4) is 0 Å². The number of nitrogens with one attached hydrogen (secondary N) is 1. The van der Waals surface area contributed by atoms with Crippen molar-refractivity contribution >= 4 is 27.2 Å². The van der Waals surface area contributed by atoms with Crippen LogP contribution in [-0.2, 0) is 6.54 Å². The number of thiazole rings is 1. The summed E-state index contributed by atoms with van der Waals surface area (Å²) in [4.78, 5) is 4.65. The maximum absolute atomic E-state index is 9.03. The zero-order valence-electron chi connectivity index (χ0n) is 13.4. The van der Waals surface area contributed by atoms with E-state index in [0.717, 1.165) is 22.9 Å². The highest BCUT2D eigenvalue weighted by Gasteiger charge is 2.06. The molecule has 3 nitrogen and oxygen atoms in total. The summed E-state index contributed by atoms with van der Waals surface area (Å²) in [6.45, 7) is 0.729. The summed E-state index contributed by atoms with van der Waals surface area (Å²) >= 11 is 1.58. The summed E-state index contributed by atoms with van der Waals surface area (Å²) in [5, 5.41) is 17.8. The van der Waals surface area contributed by atoms with Crippen molar-refractivity contribution in [1.29, 1.82) is 5.26 Å². The molecule has 1 heterocycles. The third kappa shape index (κ3) is 3.23. The number of aromatic nitrogens is 1. The molecule has 4 aromatic rings. The number of nitriles is 1. The van der Waals surface area contributed by atoms with E-state index in [1.165, 1.54) is 16.3 Å². The van der Waals surface area contributed by atoms with Crippen molar-refractivity contribution in [2.75, 3.05) is 5.32 Å². The Morgan fingerprint density at radius 2 is 1.88 bits per heavy atom. The molecule has 0 amide bonds. The van der Waals surface area contributed by atoms with Gasteiger partial charge in [0.1, 0.15) is 0 Å². The number of hydrogen-bond donors (Lipinski definition) is 1. The lowest BCUT2D eigenvalue weighted by atomic mass is 10.0. The van der Waals surface area contributed by atoms with Crippen molar-refractivity contribution in [3.05, 3.63) is 83.2 Å². The van der Waals surface area contributed by atoms with Gasteiger partial charge in [0.05, 0.1) is 17.3 Å². The van der Waals surface area contributed by atoms with Crippen LogP contribution in [0.1, 0.15) is 12.6 Å². The van der Waals surface area contributed by atoms with E-state index in [1.54, 1.807) is 17.4 Å².